The highest BCUT2D eigenvalue weighted by Gasteiger charge is 2.25. The molecule has 0 aliphatic heterocycles. The monoisotopic (exact) mass is 187 g/mol. The Labute approximate surface area is 82.8 Å². The van der Waals surface area contributed by atoms with Gasteiger partial charge in [0.05, 0.1) is 12.2 Å². The minimum atomic E-state index is 0.150. The van der Waals surface area contributed by atoms with Crippen molar-refractivity contribution in [3.05, 3.63) is 0 Å². The minimum Gasteiger partial charge on any atom is -0.373 e. The lowest BCUT2D eigenvalue weighted by Gasteiger charge is -2.32. The summed E-state index contributed by atoms with van der Waals surface area (Å²) in [6.07, 6.45) is 2.79. The van der Waals surface area contributed by atoms with Crippen LogP contribution in [0.5, 0.6) is 0 Å². The van der Waals surface area contributed by atoms with Crippen molar-refractivity contribution < 1.29 is 4.74 Å². The standard InChI is InChI=1S/C11H25NO/c1-6-7-9(2)13-10(8-12)11(3,4)5/h9-10H,6-8,12H2,1-5H3. The van der Waals surface area contributed by atoms with Gasteiger partial charge in [0.25, 0.3) is 0 Å². The van der Waals surface area contributed by atoms with Gasteiger partial charge in [-0.05, 0) is 18.8 Å². The van der Waals surface area contributed by atoms with Gasteiger partial charge in [-0.15, -0.1) is 0 Å². The molecule has 13 heavy (non-hydrogen) atoms. The first-order valence-corrected chi connectivity index (χ1v) is 5.27. The number of hydrogen-bond acceptors (Lipinski definition) is 2. The molecule has 0 fully saturated rings. The van der Waals surface area contributed by atoms with Crippen LogP contribution in [0.1, 0.15) is 47.5 Å². The molecule has 2 heteroatoms. The first-order chi connectivity index (χ1) is 5.91. The summed E-state index contributed by atoms with van der Waals surface area (Å²) in [5, 5.41) is 0. The Morgan fingerprint density at radius 3 is 2.15 bits per heavy atom. The third-order valence-electron chi connectivity index (χ3n) is 2.27. The SMILES string of the molecule is CCCC(C)OC(CN)C(C)(C)C. The van der Waals surface area contributed by atoms with Gasteiger partial charge in [0.1, 0.15) is 0 Å². The van der Waals surface area contributed by atoms with Gasteiger partial charge < -0.3 is 10.5 Å². The fraction of sp³-hybridized carbons (Fsp3) is 1.00. The van der Waals surface area contributed by atoms with Crippen LogP contribution in [0.2, 0.25) is 0 Å². The van der Waals surface area contributed by atoms with Crippen LogP contribution in [-0.4, -0.2) is 18.8 Å². The smallest absolute Gasteiger partial charge is 0.0749 e. The molecule has 0 saturated carbocycles. The predicted molar refractivity (Wildman–Crippen MR) is 57.8 cm³/mol. The topological polar surface area (TPSA) is 35.2 Å². The van der Waals surface area contributed by atoms with E-state index >= 15 is 0 Å². The second-order valence-electron chi connectivity index (χ2n) is 4.83. The second-order valence-corrected chi connectivity index (χ2v) is 4.83. The van der Waals surface area contributed by atoms with Gasteiger partial charge in [-0.25, -0.2) is 0 Å². The summed E-state index contributed by atoms with van der Waals surface area (Å²) in [4.78, 5) is 0. The molecule has 2 N–H and O–H groups in total. The van der Waals surface area contributed by atoms with Crippen molar-refractivity contribution in [3.8, 4) is 0 Å². The van der Waals surface area contributed by atoms with E-state index in [1.807, 2.05) is 0 Å². The number of rotatable bonds is 5. The Kier molecular flexibility index (Phi) is 5.57. The molecule has 0 aromatic rings. The van der Waals surface area contributed by atoms with Crippen LogP contribution < -0.4 is 5.73 Å². The average Bonchev–Trinajstić information content (AvgIpc) is 1.98. The van der Waals surface area contributed by atoms with Crippen molar-refractivity contribution in [2.24, 2.45) is 11.1 Å². The highest BCUT2D eigenvalue weighted by atomic mass is 16.5. The molecular weight excluding hydrogens is 162 g/mol. The van der Waals surface area contributed by atoms with Crippen LogP contribution in [-0.2, 0) is 4.74 Å². The Morgan fingerprint density at radius 2 is 1.85 bits per heavy atom. The Bertz CT molecular complexity index is 129. The third-order valence-corrected chi connectivity index (χ3v) is 2.27. The molecule has 0 aliphatic rings. The number of ether oxygens (including phenoxy) is 1. The molecule has 80 valence electrons. The maximum atomic E-state index is 5.88. The molecule has 0 aromatic carbocycles. The summed E-state index contributed by atoms with van der Waals surface area (Å²) >= 11 is 0. The molecule has 0 rings (SSSR count). The molecule has 0 aromatic heterocycles. The van der Waals surface area contributed by atoms with E-state index in [1.54, 1.807) is 0 Å². The van der Waals surface area contributed by atoms with E-state index in [0.717, 1.165) is 6.42 Å². The number of nitrogens with two attached hydrogens (primary N) is 1. The van der Waals surface area contributed by atoms with Gasteiger partial charge in [0.15, 0.2) is 0 Å². The first kappa shape index (κ1) is 12.9. The average molecular weight is 187 g/mol. The fourth-order valence-electron chi connectivity index (χ4n) is 1.37. The van der Waals surface area contributed by atoms with Gasteiger partial charge in [-0.2, -0.15) is 0 Å². The van der Waals surface area contributed by atoms with E-state index in [1.165, 1.54) is 6.42 Å². The van der Waals surface area contributed by atoms with Crippen LogP contribution in [0.4, 0.5) is 0 Å². The molecule has 0 amide bonds. The van der Waals surface area contributed by atoms with E-state index in [4.69, 9.17) is 10.5 Å². The highest BCUT2D eigenvalue weighted by Crippen LogP contribution is 2.23. The van der Waals surface area contributed by atoms with E-state index < -0.39 is 0 Å². The van der Waals surface area contributed by atoms with E-state index in [9.17, 15) is 0 Å². The van der Waals surface area contributed by atoms with Crippen LogP contribution in [0, 0.1) is 5.41 Å². The minimum absolute atomic E-state index is 0.150. The van der Waals surface area contributed by atoms with Crippen LogP contribution >= 0.6 is 0 Å². The van der Waals surface area contributed by atoms with Crippen LogP contribution in [0.25, 0.3) is 0 Å². The molecule has 2 unspecified atom stereocenters. The maximum Gasteiger partial charge on any atom is 0.0749 e. The lowest BCUT2D eigenvalue weighted by molar-refractivity contribution is -0.0560. The zero-order valence-electron chi connectivity index (χ0n) is 9.76. The van der Waals surface area contributed by atoms with Gasteiger partial charge in [-0.1, -0.05) is 34.1 Å². The van der Waals surface area contributed by atoms with Crippen molar-refractivity contribution in [1.82, 2.24) is 0 Å². The Balaban J connectivity index is 3.98. The molecular formula is C11H25NO. The van der Waals surface area contributed by atoms with Crippen LogP contribution in [0.15, 0.2) is 0 Å². The Hall–Kier alpha value is -0.0800. The molecule has 0 radical (unpaired) electrons. The van der Waals surface area contributed by atoms with Crippen LogP contribution in [0.3, 0.4) is 0 Å². The van der Waals surface area contributed by atoms with Gasteiger partial charge in [0.2, 0.25) is 0 Å². The highest BCUT2D eigenvalue weighted by molar-refractivity contribution is 4.76. The van der Waals surface area contributed by atoms with Crippen molar-refractivity contribution in [1.29, 1.82) is 0 Å². The molecule has 0 saturated heterocycles. The molecule has 0 aliphatic carbocycles. The first-order valence-electron chi connectivity index (χ1n) is 5.27. The lowest BCUT2D eigenvalue weighted by atomic mass is 9.89. The summed E-state index contributed by atoms with van der Waals surface area (Å²) in [5.74, 6) is 0. The quantitative estimate of drug-likeness (QED) is 0.718. The van der Waals surface area contributed by atoms with Gasteiger partial charge in [-0.3, -0.25) is 0 Å². The van der Waals surface area contributed by atoms with Gasteiger partial charge in [0, 0.05) is 6.54 Å². The normalized spacial score (nSPS) is 17.1. The molecule has 0 bridgehead atoms. The second kappa shape index (κ2) is 5.61. The van der Waals surface area contributed by atoms with Gasteiger partial charge >= 0.3 is 0 Å². The third kappa shape index (κ3) is 5.27. The summed E-state index contributed by atoms with van der Waals surface area (Å²) in [7, 11) is 0. The van der Waals surface area contributed by atoms with Crippen molar-refractivity contribution >= 4 is 0 Å². The van der Waals surface area contributed by atoms with Crippen molar-refractivity contribution in [2.45, 2.75) is 59.7 Å². The zero-order chi connectivity index (χ0) is 10.5. The fourth-order valence-corrected chi connectivity index (χ4v) is 1.37. The molecule has 2 atom stereocenters. The lowest BCUT2D eigenvalue weighted by Crippen LogP contribution is -2.38. The zero-order valence-corrected chi connectivity index (χ0v) is 9.76. The summed E-state index contributed by atoms with van der Waals surface area (Å²) in [6, 6.07) is 0. The van der Waals surface area contributed by atoms with E-state index in [2.05, 4.69) is 34.6 Å². The van der Waals surface area contributed by atoms with E-state index in [0.29, 0.717) is 12.6 Å². The summed E-state index contributed by atoms with van der Waals surface area (Å²) in [6.45, 7) is 11.4. The largest absolute Gasteiger partial charge is 0.373 e. The summed E-state index contributed by atoms with van der Waals surface area (Å²) < 4.78 is 5.88. The van der Waals surface area contributed by atoms with E-state index in [-0.39, 0.29) is 11.5 Å². The Morgan fingerprint density at radius 1 is 1.31 bits per heavy atom. The number of hydrogen-bond donors (Lipinski definition) is 1. The maximum absolute atomic E-state index is 5.88. The van der Waals surface area contributed by atoms with Crippen molar-refractivity contribution in [2.75, 3.05) is 6.54 Å². The molecule has 0 spiro atoms. The van der Waals surface area contributed by atoms with Crippen molar-refractivity contribution in [3.63, 3.8) is 0 Å². The molecule has 2 nitrogen and oxygen atoms in total. The molecule has 0 heterocycles. The summed E-state index contributed by atoms with van der Waals surface area (Å²) in [5.41, 5.74) is 5.83. The predicted octanol–water partition coefficient (Wildman–Crippen LogP) is 2.57.